The van der Waals surface area contributed by atoms with Crippen LogP contribution in [0.15, 0.2) is 60.9 Å². The molecular weight excluding hydrogens is 536 g/mol. The number of hydrogen-bond donors (Lipinski definition) is 6. The van der Waals surface area contributed by atoms with Gasteiger partial charge in [0.1, 0.15) is 18.5 Å². The number of halogens is 2. The van der Waals surface area contributed by atoms with Crippen molar-refractivity contribution in [2.45, 2.75) is 32.4 Å². The van der Waals surface area contributed by atoms with Gasteiger partial charge in [0.15, 0.2) is 17.3 Å². The van der Waals surface area contributed by atoms with Crippen molar-refractivity contribution >= 4 is 23.3 Å². The van der Waals surface area contributed by atoms with E-state index in [0.29, 0.717) is 42.1 Å². The Kier molecular flexibility index (Phi) is 12.0. The van der Waals surface area contributed by atoms with Crippen LogP contribution in [0.4, 0.5) is 14.5 Å². The lowest BCUT2D eigenvalue weighted by molar-refractivity contribution is -0.122. The highest BCUT2D eigenvalue weighted by molar-refractivity contribution is 5.97. The number of hydrazine groups is 1. The Hall–Kier alpha value is -4.78. The maximum Gasteiger partial charge on any atom is 0.272 e. The Labute approximate surface area is 237 Å². The van der Waals surface area contributed by atoms with E-state index in [9.17, 15) is 18.4 Å². The van der Waals surface area contributed by atoms with E-state index in [1.165, 1.54) is 12.3 Å². The number of amidine groups is 1. The van der Waals surface area contributed by atoms with E-state index in [-0.39, 0.29) is 18.0 Å². The molecule has 13 heteroatoms. The summed E-state index contributed by atoms with van der Waals surface area (Å²) in [6.45, 7) is 6.05. The molecule has 1 heterocycles. The second kappa shape index (κ2) is 15.1. The van der Waals surface area contributed by atoms with Gasteiger partial charge in [0.05, 0.1) is 25.5 Å². The van der Waals surface area contributed by atoms with Crippen molar-refractivity contribution < 1.29 is 27.8 Å². The molecule has 0 aliphatic carbocycles. The number of anilines is 1. The SMILES string of the molecule is CCOc1cc(C(Nc2ccc(C(=N)N)cc2)C(=O)NNC(=O)c2ccncc2F)ccc1OCC(C)(C)N.CF. The van der Waals surface area contributed by atoms with E-state index in [1.54, 1.807) is 42.5 Å². The largest absolute Gasteiger partial charge is 0.490 e. The standard InChI is InChI=1S/C27H32FN7O4.CH3F/c1-4-38-22-13-17(7-10-21(22)39-15-27(2,3)31)23(33-18-8-5-16(6-9-18)24(29)30)26(37)35-34-25(36)19-11-12-32-14-20(19)28;1-2/h5-14,23,33H,4,15,31H2,1-3H3,(H3,29,30)(H,34,36)(H,35,37);1H3. The molecule has 0 fully saturated rings. The Bertz CT molecular complexity index is 1330. The predicted octanol–water partition coefficient (Wildman–Crippen LogP) is 3.22. The van der Waals surface area contributed by atoms with Gasteiger partial charge in [-0.2, -0.15) is 0 Å². The quantitative estimate of drug-likeness (QED) is 0.115. The van der Waals surface area contributed by atoms with Gasteiger partial charge in [-0.25, -0.2) is 4.39 Å². The van der Waals surface area contributed by atoms with Crippen molar-refractivity contribution in [1.82, 2.24) is 15.8 Å². The van der Waals surface area contributed by atoms with Crippen LogP contribution in [0.3, 0.4) is 0 Å². The molecule has 2 aromatic carbocycles. The van der Waals surface area contributed by atoms with Gasteiger partial charge in [-0.15, -0.1) is 0 Å². The number of amides is 2. The molecule has 0 spiro atoms. The third kappa shape index (κ3) is 9.72. The normalized spacial score (nSPS) is 11.3. The number of nitrogens with zero attached hydrogens (tertiary/aromatic N) is 1. The highest BCUT2D eigenvalue weighted by atomic mass is 19.1. The number of pyridine rings is 1. The Morgan fingerprint density at radius 2 is 1.73 bits per heavy atom. The smallest absolute Gasteiger partial charge is 0.272 e. The average molecular weight is 572 g/mol. The van der Waals surface area contributed by atoms with E-state index < -0.39 is 29.2 Å². The third-order valence-electron chi connectivity index (χ3n) is 5.29. The zero-order valence-electron chi connectivity index (χ0n) is 23.3. The van der Waals surface area contributed by atoms with Gasteiger partial charge in [0, 0.05) is 23.0 Å². The highest BCUT2D eigenvalue weighted by Crippen LogP contribution is 2.32. The predicted molar refractivity (Wildman–Crippen MR) is 152 cm³/mol. The molecule has 1 unspecified atom stereocenters. The number of hydrogen-bond acceptors (Lipinski definition) is 8. The summed E-state index contributed by atoms with van der Waals surface area (Å²) < 4.78 is 35.0. The fourth-order valence-electron chi connectivity index (χ4n) is 3.39. The maximum absolute atomic E-state index is 14.0. The molecule has 41 heavy (non-hydrogen) atoms. The maximum atomic E-state index is 14.0. The highest BCUT2D eigenvalue weighted by Gasteiger charge is 2.24. The summed E-state index contributed by atoms with van der Waals surface area (Å²) in [5.41, 5.74) is 16.8. The summed E-state index contributed by atoms with van der Waals surface area (Å²) in [5.74, 6) is -1.58. The molecule has 0 aliphatic heterocycles. The molecule has 11 nitrogen and oxygen atoms in total. The zero-order valence-corrected chi connectivity index (χ0v) is 23.3. The number of carbonyl (C=O) groups excluding carboxylic acids is 2. The van der Waals surface area contributed by atoms with Crippen molar-refractivity contribution in [3.05, 3.63) is 83.4 Å². The van der Waals surface area contributed by atoms with Crippen LogP contribution in [0.2, 0.25) is 0 Å². The van der Waals surface area contributed by atoms with Crippen LogP contribution < -0.4 is 37.1 Å². The number of carbonyl (C=O) groups is 2. The molecule has 1 aromatic heterocycles. The fourth-order valence-corrected chi connectivity index (χ4v) is 3.39. The first-order valence-corrected chi connectivity index (χ1v) is 12.5. The molecule has 2 amide bonds. The second-order valence-electron chi connectivity index (χ2n) is 9.28. The van der Waals surface area contributed by atoms with Crippen LogP contribution >= 0.6 is 0 Å². The van der Waals surface area contributed by atoms with Crippen LogP contribution in [0.25, 0.3) is 0 Å². The minimum atomic E-state index is -1.03. The van der Waals surface area contributed by atoms with Gasteiger partial charge < -0.3 is 26.3 Å². The number of rotatable bonds is 11. The molecule has 3 aromatic rings. The summed E-state index contributed by atoms with van der Waals surface area (Å²) in [6.07, 6.45) is 2.16. The molecule has 0 aliphatic rings. The van der Waals surface area contributed by atoms with Gasteiger partial charge in [-0.3, -0.25) is 35.2 Å². The summed E-state index contributed by atoms with van der Waals surface area (Å²) in [7, 11) is 0.500. The molecule has 0 saturated heterocycles. The lowest BCUT2D eigenvalue weighted by atomic mass is 10.0. The van der Waals surface area contributed by atoms with E-state index in [4.69, 9.17) is 26.4 Å². The minimum absolute atomic E-state index is 0.0977. The number of ether oxygens (including phenoxy) is 2. The zero-order chi connectivity index (χ0) is 30.6. The summed E-state index contributed by atoms with van der Waals surface area (Å²) in [5, 5.41) is 10.7. The molecule has 1 atom stereocenters. The van der Waals surface area contributed by atoms with Gasteiger partial charge >= 0.3 is 0 Å². The van der Waals surface area contributed by atoms with Crippen LogP contribution in [0.1, 0.15) is 48.3 Å². The van der Waals surface area contributed by atoms with Gasteiger partial charge in [0.2, 0.25) is 0 Å². The van der Waals surface area contributed by atoms with Crippen molar-refractivity contribution in [2.24, 2.45) is 11.5 Å². The third-order valence-corrected chi connectivity index (χ3v) is 5.29. The van der Waals surface area contributed by atoms with E-state index in [2.05, 4.69) is 21.2 Å². The van der Waals surface area contributed by atoms with E-state index in [0.717, 1.165) is 6.20 Å². The van der Waals surface area contributed by atoms with Crippen LogP contribution in [-0.4, -0.2) is 48.6 Å². The molecule has 0 bridgehead atoms. The number of aromatic nitrogens is 1. The number of nitrogens with two attached hydrogens (primary N) is 2. The molecule has 220 valence electrons. The van der Waals surface area contributed by atoms with Gasteiger partial charge in [-0.1, -0.05) is 6.07 Å². The lowest BCUT2D eigenvalue weighted by Gasteiger charge is -2.23. The summed E-state index contributed by atoms with van der Waals surface area (Å²) >= 11 is 0. The monoisotopic (exact) mass is 571 g/mol. The Balaban J connectivity index is 0.00000287. The van der Waals surface area contributed by atoms with Crippen LogP contribution in [0.5, 0.6) is 11.5 Å². The molecular formula is C28H35F2N7O4. The van der Waals surface area contributed by atoms with E-state index >= 15 is 0 Å². The van der Waals surface area contributed by atoms with E-state index in [1.807, 2.05) is 20.8 Å². The summed E-state index contributed by atoms with van der Waals surface area (Å²) in [4.78, 5) is 29.4. The average Bonchev–Trinajstić information content (AvgIpc) is 2.95. The molecule has 3 rings (SSSR count). The molecule has 8 N–H and O–H groups in total. The van der Waals surface area contributed by atoms with Crippen LogP contribution in [0, 0.1) is 11.2 Å². The lowest BCUT2D eigenvalue weighted by Crippen LogP contribution is -2.45. The van der Waals surface area contributed by atoms with Gasteiger partial charge in [-0.05, 0) is 68.8 Å². The van der Waals surface area contributed by atoms with Crippen molar-refractivity contribution in [3.8, 4) is 11.5 Å². The van der Waals surface area contributed by atoms with Crippen molar-refractivity contribution in [1.29, 1.82) is 5.41 Å². The summed E-state index contributed by atoms with van der Waals surface area (Å²) in [6, 6.07) is 11.7. The Morgan fingerprint density at radius 1 is 1.05 bits per heavy atom. The van der Waals surface area contributed by atoms with Crippen LogP contribution in [-0.2, 0) is 4.79 Å². The first kappa shape index (κ1) is 32.4. The van der Waals surface area contributed by atoms with Gasteiger partial charge in [0.25, 0.3) is 11.8 Å². The first-order chi connectivity index (χ1) is 19.5. The molecule has 0 radical (unpaired) electrons. The second-order valence-corrected chi connectivity index (χ2v) is 9.28. The number of alkyl halides is 1. The van der Waals surface area contributed by atoms with Crippen molar-refractivity contribution in [3.63, 3.8) is 0 Å². The topological polar surface area (TPSA) is 177 Å². The number of nitrogen functional groups attached to an aromatic ring is 1. The first-order valence-electron chi connectivity index (χ1n) is 12.5. The number of benzene rings is 2. The fraction of sp³-hybridized carbons (Fsp3) is 0.286. The molecule has 0 saturated carbocycles. The van der Waals surface area contributed by atoms with Crippen molar-refractivity contribution in [2.75, 3.05) is 25.7 Å². The Morgan fingerprint density at radius 3 is 2.32 bits per heavy atom. The minimum Gasteiger partial charge on any atom is -0.490 e. The number of nitrogens with one attached hydrogen (secondary N) is 4.